The third-order valence-electron chi connectivity index (χ3n) is 18.1. The first kappa shape index (κ1) is 83.8. The minimum absolute atomic E-state index is 0.0146. The van der Waals surface area contributed by atoms with Crippen LogP contribution >= 0.6 is 0 Å². The van der Waals surface area contributed by atoms with Crippen LogP contribution in [0.3, 0.4) is 0 Å². The smallest absolute Gasteiger partial charge is 0.305 e. The summed E-state index contributed by atoms with van der Waals surface area (Å²) in [5.74, 6) is -0.0475. The van der Waals surface area contributed by atoms with Crippen molar-refractivity contribution < 1.29 is 24.5 Å². The number of rotatable bonds is 73. The monoisotopic (exact) mass is 1210 g/mol. The largest absolute Gasteiger partial charge is 0.466 e. The number of ether oxygens (including phenoxy) is 1. The lowest BCUT2D eigenvalue weighted by Crippen LogP contribution is -2.45. The van der Waals surface area contributed by atoms with Crippen molar-refractivity contribution in [3.8, 4) is 0 Å². The molecule has 3 N–H and O–H groups in total. The maximum Gasteiger partial charge on any atom is 0.305 e. The maximum atomic E-state index is 12.5. The van der Waals surface area contributed by atoms with Gasteiger partial charge < -0.3 is 20.3 Å². The number of carbonyl (C=O) groups is 2. The number of aliphatic hydroxyl groups excluding tert-OH is 2. The van der Waals surface area contributed by atoms with E-state index < -0.39 is 12.1 Å². The minimum atomic E-state index is -0.844. The Morgan fingerprint density at radius 3 is 0.919 bits per heavy atom. The molecule has 0 aromatic carbocycles. The van der Waals surface area contributed by atoms with Crippen LogP contribution in [-0.4, -0.2) is 47.4 Å². The summed E-state index contributed by atoms with van der Waals surface area (Å²) in [6.45, 7) is 4.92. The van der Waals surface area contributed by atoms with Crippen molar-refractivity contribution in [1.82, 2.24) is 5.32 Å². The number of esters is 1. The van der Waals surface area contributed by atoms with Gasteiger partial charge in [0.15, 0.2) is 0 Å². The normalized spacial score (nSPS) is 12.7. The van der Waals surface area contributed by atoms with Crippen molar-refractivity contribution in [2.45, 2.75) is 437 Å². The lowest BCUT2D eigenvalue weighted by Gasteiger charge is -2.20. The molecule has 0 saturated carbocycles. The van der Waals surface area contributed by atoms with Crippen LogP contribution in [0.4, 0.5) is 0 Å². The molecule has 0 spiro atoms. The molecule has 0 saturated heterocycles. The second kappa shape index (κ2) is 75.3. The van der Waals surface area contributed by atoms with Crippen LogP contribution in [0.2, 0.25) is 0 Å². The molecule has 0 bridgehead atoms. The Bertz CT molecular complexity index is 1440. The first-order chi connectivity index (χ1) is 42.5. The third kappa shape index (κ3) is 70.9. The van der Waals surface area contributed by atoms with Crippen molar-refractivity contribution in [2.75, 3.05) is 13.2 Å². The van der Waals surface area contributed by atoms with E-state index in [1.165, 1.54) is 347 Å². The van der Waals surface area contributed by atoms with Crippen molar-refractivity contribution in [2.24, 2.45) is 0 Å². The number of unbranched alkanes of at least 4 members (excludes halogenated alkanes) is 56. The molecule has 0 aromatic rings. The predicted octanol–water partition coefficient (Wildman–Crippen LogP) is 25.6. The Labute approximate surface area is 537 Å². The first-order valence-corrected chi connectivity index (χ1v) is 38.9. The number of hydrogen-bond donors (Lipinski definition) is 3. The van der Waals surface area contributed by atoms with Crippen LogP contribution in [0.25, 0.3) is 0 Å². The Morgan fingerprint density at radius 2 is 0.581 bits per heavy atom. The highest BCUT2D eigenvalue weighted by Gasteiger charge is 2.18. The summed E-state index contributed by atoms with van der Waals surface area (Å²) < 4.78 is 5.51. The van der Waals surface area contributed by atoms with Gasteiger partial charge in [-0.3, -0.25) is 9.59 Å². The van der Waals surface area contributed by atoms with Gasteiger partial charge in [0.2, 0.25) is 5.91 Å². The molecule has 506 valence electrons. The van der Waals surface area contributed by atoms with E-state index in [4.69, 9.17) is 4.74 Å². The van der Waals surface area contributed by atoms with Gasteiger partial charge in [0.25, 0.3) is 0 Å². The second-order valence-corrected chi connectivity index (χ2v) is 26.7. The van der Waals surface area contributed by atoms with Gasteiger partial charge in [0.1, 0.15) is 0 Å². The molecule has 6 heteroatoms. The minimum Gasteiger partial charge on any atom is -0.466 e. The lowest BCUT2D eigenvalue weighted by atomic mass is 10.0. The van der Waals surface area contributed by atoms with E-state index in [1.54, 1.807) is 6.08 Å². The van der Waals surface area contributed by atoms with E-state index in [0.717, 1.165) is 51.4 Å². The van der Waals surface area contributed by atoms with Gasteiger partial charge in [-0.1, -0.05) is 371 Å². The van der Waals surface area contributed by atoms with Gasteiger partial charge >= 0.3 is 5.97 Å². The van der Waals surface area contributed by atoms with Crippen molar-refractivity contribution in [3.63, 3.8) is 0 Å². The molecular formula is C80H151NO5. The highest BCUT2D eigenvalue weighted by atomic mass is 16.5. The van der Waals surface area contributed by atoms with Crippen molar-refractivity contribution in [3.05, 3.63) is 48.6 Å². The molecule has 0 heterocycles. The molecule has 86 heavy (non-hydrogen) atoms. The third-order valence-corrected chi connectivity index (χ3v) is 18.1. The van der Waals surface area contributed by atoms with Crippen LogP contribution in [0.5, 0.6) is 0 Å². The number of allylic oxidation sites excluding steroid dienone is 7. The molecule has 0 radical (unpaired) electrons. The zero-order valence-corrected chi connectivity index (χ0v) is 58.1. The fourth-order valence-electron chi connectivity index (χ4n) is 12.1. The number of amides is 1. The second-order valence-electron chi connectivity index (χ2n) is 26.7. The molecule has 2 unspecified atom stereocenters. The summed E-state index contributed by atoms with van der Waals surface area (Å²) in [6, 6.07) is -0.627. The van der Waals surface area contributed by atoms with Gasteiger partial charge in [-0.15, -0.1) is 0 Å². The van der Waals surface area contributed by atoms with E-state index >= 15 is 0 Å². The summed E-state index contributed by atoms with van der Waals surface area (Å²) in [5.41, 5.74) is 0. The standard InChI is InChI=1S/C80H151NO5/c1-3-5-7-9-11-13-15-17-19-21-37-42-46-50-54-58-62-66-70-74-80(85)86-75-71-67-63-59-55-51-47-43-39-36-34-32-30-28-26-24-23-25-27-29-31-33-35-38-41-45-49-53-57-61-65-69-73-79(84)81-77(76-82)78(83)72-68-64-60-56-52-48-44-40-22-20-18-16-14-12-10-8-6-4-2/h11,13,17,19,26,28,68,72,77-78,82-83H,3-10,12,14-16,18,20-25,27,29-67,69-71,73-76H2,1-2H3,(H,81,84)/b13-11-,19-17-,28-26-,72-68+. The van der Waals surface area contributed by atoms with Gasteiger partial charge in [0.05, 0.1) is 25.4 Å². The molecular weight excluding hydrogens is 1050 g/mol. The quantitative estimate of drug-likeness (QED) is 0.0320. The van der Waals surface area contributed by atoms with E-state index in [2.05, 4.69) is 55.6 Å². The first-order valence-electron chi connectivity index (χ1n) is 38.9. The summed E-state index contributed by atoms with van der Waals surface area (Å²) in [4.78, 5) is 24.6. The summed E-state index contributed by atoms with van der Waals surface area (Å²) in [6.07, 6.45) is 99.4. The topological polar surface area (TPSA) is 95.9 Å². The van der Waals surface area contributed by atoms with E-state index in [0.29, 0.717) is 19.4 Å². The number of nitrogens with one attached hydrogen (secondary N) is 1. The SMILES string of the molecule is CCCCC/C=C\C/C=C\CCCCCCCCCCCC(=O)OCCCCCCCCCCCCCC/C=C\CCCCCCCCCCCCCCCCCCC(=O)NC(CO)C(O)/C=C/CCCCCCCCCCCCCCCCCC. The highest BCUT2D eigenvalue weighted by molar-refractivity contribution is 5.76. The van der Waals surface area contributed by atoms with E-state index in [1.807, 2.05) is 6.08 Å². The average molecular weight is 1210 g/mol. The molecule has 0 aliphatic carbocycles. The number of aliphatic hydroxyl groups is 2. The van der Waals surface area contributed by atoms with Gasteiger partial charge in [0, 0.05) is 12.8 Å². The zero-order chi connectivity index (χ0) is 62.0. The molecule has 0 aliphatic heterocycles. The Morgan fingerprint density at radius 1 is 0.326 bits per heavy atom. The molecule has 0 fully saturated rings. The summed E-state index contributed by atoms with van der Waals surface area (Å²) in [7, 11) is 0. The van der Waals surface area contributed by atoms with Crippen LogP contribution in [0.15, 0.2) is 48.6 Å². The van der Waals surface area contributed by atoms with Crippen LogP contribution < -0.4 is 5.32 Å². The zero-order valence-electron chi connectivity index (χ0n) is 58.1. The van der Waals surface area contributed by atoms with Crippen molar-refractivity contribution in [1.29, 1.82) is 0 Å². The Hall–Kier alpha value is -2.18. The molecule has 0 aliphatic rings. The van der Waals surface area contributed by atoms with Crippen LogP contribution in [0, 0.1) is 0 Å². The number of hydrogen-bond acceptors (Lipinski definition) is 5. The fourth-order valence-corrected chi connectivity index (χ4v) is 12.1. The predicted molar refractivity (Wildman–Crippen MR) is 379 cm³/mol. The van der Waals surface area contributed by atoms with Crippen molar-refractivity contribution >= 4 is 11.9 Å². The molecule has 1 amide bonds. The average Bonchev–Trinajstić information content (AvgIpc) is 3.54. The Kier molecular flexibility index (Phi) is 73.4. The van der Waals surface area contributed by atoms with Crippen LogP contribution in [0.1, 0.15) is 425 Å². The summed E-state index contributed by atoms with van der Waals surface area (Å²) in [5, 5.41) is 23.2. The maximum absolute atomic E-state index is 12.5. The van der Waals surface area contributed by atoms with Gasteiger partial charge in [-0.05, 0) is 89.9 Å². The fraction of sp³-hybridized carbons (Fsp3) is 0.875. The van der Waals surface area contributed by atoms with E-state index in [-0.39, 0.29) is 18.5 Å². The molecule has 0 rings (SSSR count). The molecule has 6 nitrogen and oxygen atoms in total. The number of carbonyl (C=O) groups excluding carboxylic acids is 2. The van der Waals surface area contributed by atoms with E-state index in [9.17, 15) is 19.8 Å². The van der Waals surface area contributed by atoms with Crippen LogP contribution in [-0.2, 0) is 14.3 Å². The lowest BCUT2D eigenvalue weighted by molar-refractivity contribution is -0.143. The summed E-state index contributed by atoms with van der Waals surface area (Å²) >= 11 is 0. The van der Waals surface area contributed by atoms with Gasteiger partial charge in [-0.2, -0.15) is 0 Å². The van der Waals surface area contributed by atoms with Gasteiger partial charge in [-0.25, -0.2) is 0 Å². The highest BCUT2D eigenvalue weighted by Crippen LogP contribution is 2.19. The molecule has 2 atom stereocenters. The Balaban J connectivity index is 3.37. The molecule has 0 aromatic heterocycles.